The maximum absolute atomic E-state index is 12.9. The molecular weight excluding hydrogens is 448 g/mol. The molecular formula is C23H30N2O9. The predicted molar refractivity (Wildman–Crippen MR) is 119 cm³/mol. The third-order valence-corrected chi connectivity index (χ3v) is 5.90. The van der Waals surface area contributed by atoms with Crippen LogP contribution < -0.4 is 10.6 Å². The Hall–Kier alpha value is -3.63. The normalized spacial score (nSPS) is 25.1. The van der Waals surface area contributed by atoms with Crippen molar-refractivity contribution in [1.29, 1.82) is 0 Å². The fraction of sp³-hybridized carbons (Fsp3) is 0.522. The topological polar surface area (TPSA) is 168 Å². The highest BCUT2D eigenvalue weighted by molar-refractivity contribution is 6.01. The molecule has 0 aromatic heterocycles. The third-order valence-electron chi connectivity index (χ3n) is 5.90. The standard InChI is InChI=1S/C23H30N2O9/c1-4-14-15(7-6-10-18(27)28)12(2)33-23(32)19(13(3)34-22(14)31)25-21(30)16-8-5-9-17(20(16)29)24-11-26/h5,8-9,11-15,19,29H,4,6-7,10H2,1-3H3,(H,24,26)(H,25,30)(H,27,28). The number of aliphatic carboxylic acids is 1. The van der Waals surface area contributed by atoms with Crippen LogP contribution in [0.2, 0.25) is 0 Å². The molecule has 1 saturated heterocycles. The molecule has 0 saturated carbocycles. The molecule has 1 aliphatic heterocycles. The summed E-state index contributed by atoms with van der Waals surface area (Å²) in [6, 6.07) is 2.75. The van der Waals surface area contributed by atoms with E-state index < -0.39 is 59.7 Å². The number of cyclic esters (lactones) is 2. The Morgan fingerprint density at radius 3 is 2.41 bits per heavy atom. The third kappa shape index (κ3) is 6.46. The van der Waals surface area contributed by atoms with Crippen LogP contribution in [0.3, 0.4) is 0 Å². The summed E-state index contributed by atoms with van der Waals surface area (Å²) in [5.74, 6) is -4.78. The SMILES string of the molecule is CCC1C(=O)OC(C)C(NC(=O)c2cccc(NC=O)c2O)C(=O)OC(C)C1CCCC(=O)O. The lowest BCUT2D eigenvalue weighted by molar-refractivity contribution is -0.157. The number of hydrogen-bond acceptors (Lipinski definition) is 8. The number of rotatable bonds is 9. The average molecular weight is 478 g/mol. The van der Waals surface area contributed by atoms with Gasteiger partial charge < -0.3 is 30.3 Å². The van der Waals surface area contributed by atoms with Crippen LogP contribution in [-0.4, -0.2) is 58.7 Å². The van der Waals surface area contributed by atoms with Gasteiger partial charge in [-0.2, -0.15) is 0 Å². The van der Waals surface area contributed by atoms with Gasteiger partial charge in [-0.05, 0) is 45.2 Å². The maximum atomic E-state index is 12.9. The molecule has 0 radical (unpaired) electrons. The molecule has 1 aromatic carbocycles. The largest absolute Gasteiger partial charge is 0.505 e. The van der Waals surface area contributed by atoms with E-state index in [9.17, 15) is 29.1 Å². The predicted octanol–water partition coefficient (Wildman–Crippen LogP) is 1.83. The van der Waals surface area contributed by atoms with Crippen molar-refractivity contribution in [3.05, 3.63) is 23.8 Å². The van der Waals surface area contributed by atoms with Crippen LogP contribution in [0.1, 0.15) is 56.8 Å². The van der Waals surface area contributed by atoms with Crippen LogP contribution in [0.15, 0.2) is 18.2 Å². The zero-order valence-electron chi connectivity index (χ0n) is 19.3. The number of aromatic hydroxyl groups is 1. The fourth-order valence-corrected chi connectivity index (χ4v) is 4.07. The van der Waals surface area contributed by atoms with Crippen molar-refractivity contribution in [2.45, 2.75) is 64.7 Å². The second-order valence-corrected chi connectivity index (χ2v) is 8.16. The number of amides is 2. The minimum absolute atomic E-state index is 0.00258. The molecule has 0 bridgehead atoms. The number of carbonyl (C=O) groups excluding carboxylic acids is 4. The molecule has 2 rings (SSSR count). The summed E-state index contributed by atoms with van der Waals surface area (Å²) in [5.41, 5.74) is -0.202. The first kappa shape index (κ1) is 26.6. The van der Waals surface area contributed by atoms with Crippen LogP contribution in [0.25, 0.3) is 0 Å². The van der Waals surface area contributed by atoms with E-state index in [1.807, 2.05) is 0 Å². The number of hydrogen-bond donors (Lipinski definition) is 4. The number of esters is 2. The van der Waals surface area contributed by atoms with E-state index in [2.05, 4.69) is 10.6 Å². The number of carboxylic acid groups (broad SMARTS) is 1. The highest BCUT2D eigenvalue weighted by Crippen LogP contribution is 2.31. The van der Waals surface area contributed by atoms with Crippen molar-refractivity contribution in [2.75, 3.05) is 5.32 Å². The molecule has 4 N–H and O–H groups in total. The Kier molecular flexibility index (Phi) is 9.40. The molecule has 34 heavy (non-hydrogen) atoms. The first-order chi connectivity index (χ1) is 16.1. The molecule has 1 aromatic rings. The van der Waals surface area contributed by atoms with Crippen molar-refractivity contribution in [2.24, 2.45) is 11.8 Å². The molecule has 1 aliphatic rings. The van der Waals surface area contributed by atoms with E-state index >= 15 is 0 Å². The van der Waals surface area contributed by atoms with E-state index in [0.717, 1.165) is 0 Å². The second kappa shape index (κ2) is 12.0. The smallest absolute Gasteiger partial charge is 0.332 e. The fourth-order valence-electron chi connectivity index (χ4n) is 4.07. The second-order valence-electron chi connectivity index (χ2n) is 8.16. The van der Waals surface area contributed by atoms with Crippen LogP contribution in [-0.2, 0) is 28.7 Å². The van der Waals surface area contributed by atoms with Crippen LogP contribution in [0, 0.1) is 11.8 Å². The molecule has 0 spiro atoms. The van der Waals surface area contributed by atoms with Crippen LogP contribution >= 0.6 is 0 Å². The summed E-state index contributed by atoms with van der Waals surface area (Å²) in [7, 11) is 0. The van der Waals surface area contributed by atoms with Gasteiger partial charge in [-0.15, -0.1) is 0 Å². The number of anilines is 1. The van der Waals surface area contributed by atoms with Gasteiger partial charge in [-0.3, -0.25) is 19.2 Å². The van der Waals surface area contributed by atoms with Crippen molar-refractivity contribution in [3.63, 3.8) is 0 Å². The number of phenols is 1. The van der Waals surface area contributed by atoms with Gasteiger partial charge in [0.2, 0.25) is 6.41 Å². The van der Waals surface area contributed by atoms with Gasteiger partial charge in [0.1, 0.15) is 12.2 Å². The number of nitrogens with one attached hydrogen (secondary N) is 2. The first-order valence-electron chi connectivity index (χ1n) is 11.1. The molecule has 11 heteroatoms. The molecule has 2 amide bonds. The number of carbonyl (C=O) groups is 5. The Balaban J connectivity index is 2.27. The molecule has 1 heterocycles. The van der Waals surface area contributed by atoms with Gasteiger partial charge in [0.05, 0.1) is 17.2 Å². The Morgan fingerprint density at radius 2 is 1.79 bits per heavy atom. The zero-order valence-corrected chi connectivity index (χ0v) is 19.3. The Bertz CT molecular complexity index is 933. The summed E-state index contributed by atoms with van der Waals surface area (Å²) >= 11 is 0. The quantitative estimate of drug-likeness (QED) is 0.235. The van der Waals surface area contributed by atoms with Gasteiger partial charge in [-0.1, -0.05) is 13.0 Å². The number of phenolic OH excluding ortho intramolecular Hbond substituents is 1. The monoisotopic (exact) mass is 478 g/mol. The highest BCUT2D eigenvalue weighted by Gasteiger charge is 2.41. The highest BCUT2D eigenvalue weighted by atomic mass is 16.6. The molecule has 186 valence electrons. The van der Waals surface area contributed by atoms with E-state index in [1.54, 1.807) is 13.8 Å². The summed E-state index contributed by atoms with van der Waals surface area (Å²) in [4.78, 5) is 60.3. The van der Waals surface area contributed by atoms with Crippen molar-refractivity contribution in [3.8, 4) is 5.75 Å². The molecule has 5 atom stereocenters. The zero-order chi connectivity index (χ0) is 25.4. The van der Waals surface area contributed by atoms with Crippen LogP contribution in [0.5, 0.6) is 5.75 Å². The van der Waals surface area contributed by atoms with Gasteiger partial charge in [0.15, 0.2) is 11.8 Å². The maximum Gasteiger partial charge on any atom is 0.332 e. The number of benzene rings is 1. The van der Waals surface area contributed by atoms with Crippen LogP contribution in [0.4, 0.5) is 5.69 Å². The van der Waals surface area contributed by atoms with Gasteiger partial charge in [0, 0.05) is 12.3 Å². The minimum Gasteiger partial charge on any atom is -0.505 e. The molecule has 0 aliphatic carbocycles. The number of ether oxygens (including phenoxy) is 2. The Morgan fingerprint density at radius 1 is 1.12 bits per heavy atom. The number of carboxylic acids is 1. The lowest BCUT2D eigenvalue weighted by atomic mass is 9.82. The minimum atomic E-state index is -1.36. The Labute approximate surface area is 196 Å². The summed E-state index contributed by atoms with van der Waals surface area (Å²) in [6.07, 6.45) is -0.535. The molecule has 5 unspecified atom stereocenters. The first-order valence-corrected chi connectivity index (χ1v) is 11.1. The average Bonchev–Trinajstić information content (AvgIpc) is 2.79. The van der Waals surface area contributed by atoms with E-state index in [1.165, 1.54) is 25.1 Å². The van der Waals surface area contributed by atoms with Crippen molar-refractivity contribution < 1.29 is 43.7 Å². The van der Waals surface area contributed by atoms with E-state index in [4.69, 9.17) is 14.6 Å². The van der Waals surface area contributed by atoms with Gasteiger partial charge in [-0.25, -0.2) is 4.79 Å². The van der Waals surface area contributed by atoms with Gasteiger partial charge >= 0.3 is 17.9 Å². The van der Waals surface area contributed by atoms with Crippen molar-refractivity contribution in [1.82, 2.24) is 5.32 Å². The molecule has 11 nitrogen and oxygen atoms in total. The number of para-hydroxylation sites is 1. The summed E-state index contributed by atoms with van der Waals surface area (Å²) < 4.78 is 11.1. The lowest BCUT2D eigenvalue weighted by Gasteiger charge is -2.28. The summed E-state index contributed by atoms with van der Waals surface area (Å²) in [5, 5.41) is 23.9. The lowest BCUT2D eigenvalue weighted by Crippen LogP contribution is -2.50. The van der Waals surface area contributed by atoms with E-state index in [-0.39, 0.29) is 17.7 Å². The summed E-state index contributed by atoms with van der Waals surface area (Å²) in [6.45, 7) is 4.85. The van der Waals surface area contributed by atoms with Crippen molar-refractivity contribution >= 4 is 35.9 Å². The molecule has 1 fully saturated rings. The van der Waals surface area contributed by atoms with E-state index in [0.29, 0.717) is 25.7 Å². The van der Waals surface area contributed by atoms with Gasteiger partial charge in [0.25, 0.3) is 5.91 Å².